The number of hydrogen-bond donors (Lipinski definition) is 1. The van der Waals surface area contributed by atoms with Crippen molar-refractivity contribution in [3.05, 3.63) is 59.9 Å². The van der Waals surface area contributed by atoms with Gasteiger partial charge in [-0.1, -0.05) is 24.3 Å². The molecule has 23 heavy (non-hydrogen) atoms. The highest BCUT2D eigenvalue weighted by Gasteiger charge is 2.36. The van der Waals surface area contributed by atoms with E-state index in [0.29, 0.717) is 30.9 Å². The average Bonchev–Trinajstić information content (AvgIpc) is 2.89. The van der Waals surface area contributed by atoms with Crippen LogP contribution in [0.2, 0.25) is 0 Å². The first-order chi connectivity index (χ1) is 11.1. The van der Waals surface area contributed by atoms with Gasteiger partial charge in [0.1, 0.15) is 5.82 Å². The van der Waals surface area contributed by atoms with E-state index in [-0.39, 0.29) is 17.8 Å². The van der Waals surface area contributed by atoms with Crippen LogP contribution in [-0.2, 0) is 11.3 Å². The summed E-state index contributed by atoms with van der Waals surface area (Å²) in [6.45, 7) is 1.16. The number of nitrogens with zero attached hydrogens (tertiary/aromatic N) is 2. The Morgan fingerprint density at radius 2 is 2.04 bits per heavy atom. The molecule has 0 spiro atoms. The summed E-state index contributed by atoms with van der Waals surface area (Å²) in [4.78, 5) is 16.2. The van der Waals surface area contributed by atoms with Gasteiger partial charge in [0, 0.05) is 18.8 Å². The van der Waals surface area contributed by atoms with Crippen molar-refractivity contribution in [2.75, 3.05) is 24.2 Å². The maximum absolute atomic E-state index is 13.9. The third-order valence-corrected chi connectivity index (χ3v) is 4.24. The fourth-order valence-corrected chi connectivity index (χ4v) is 3.07. The van der Waals surface area contributed by atoms with Crippen LogP contribution in [0.5, 0.6) is 0 Å². The van der Waals surface area contributed by atoms with Crippen molar-refractivity contribution in [1.82, 2.24) is 4.90 Å². The number of carbonyl (C=O) groups excluding carboxylic acids is 1. The molecular formula is C18H20FN3O. The molecule has 1 saturated heterocycles. The van der Waals surface area contributed by atoms with Gasteiger partial charge in [-0.2, -0.15) is 0 Å². The fourth-order valence-electron chi connectivity index (χ4n) is 3.07. The molecule has 5 heteroatoms. The van der Waals surface area contributed by atoms with E-state index in [1.165, 1.54) is 11.0 Å². The third kappa shape index (κ3) is 3.19. The molecule has 2 aromatic carbocycles. The molecule has 4 nitrogen and oxygen atoms in total. The lowest BCUT2D eigenvalue weighted by molar-refractivity contribution is -0.121. The van der Waals surface area contributed by atoms with E-state index in [4.69, 9.17) is 5.73 Å². The molecule has 1 unspecified atom stereocenters. The third-order valence-electron chi connectivity index (χ3n) is 4.24. The Labute approximate surface area is 135 Å². The first-order valence-corrected chi connectivity index (χ1v) is 7.67. The second-order valence-electron chi connectivity index (χ2n) is 5.91. The lowest BCUT2D eigenvalue weighted by Crippen LogP contribution is -2.39. The number of amides is 1. The van der Waals surface area contributed by atoms with Crippen LogP contribution in [0, 0.1) is 5.82 Å². The molecule has 0 bridgehead atoms. The summed E-state index contributed by atoms with van der Waals surface area (Å²) in [5.74, 6) is -0.415. The summed E-state index contributed by atoms with van der Waals surface area (Å²) in [5, 5.41) is 0. The van der Waals surface area contributed by atoms with Gasteiger partial charge in [0.15, 0.2) is 0 Å². The Bertz CT molecular complexity index is 719. The number of benzene rings is 2. The molecule has 1 amide bonds. The predicted molar refractivity (Wildman–Crippen MR) is 89.5 cm³/mol. The quantitative estimate of drug-likeness (QED) is 0.883. The zero-order valence-corrected chi connectivity index (χ0v) is 13.1. The summed E-state index contributed by atoms with van der Waals surface area (Å²) in [7, 11) is 1.91. The summed E-state index contributed by atoms with van der Waals surface area (Å²) >= 11 is 0. The molecule has 1 aliphatic rings. The molecule has 2 N–H and O–H groups in total. The number of para-hydroxylation sites is 1. The summed E-state index contributed by atoms with van der Waals surface area (Å²) in [6.07, 6.45) is 0.686. The van der Waals surface area contributed by atoms with Crippen LogP contribution in [0.25, 0.3) is 0 Å². The molecule has 1 aliphatic heterocycles. The number of hydrogen-bond acceptors (Lipinski definition) is 3. The van der Waals surface area contributed by atoms with Gasteiger partial charge in [0.05, 0.1) is 11.7 Å². The Morgan fingerprint density at radius 3 is 2.78 bits per heavy atom. The molecule has 0 aromatic heterocycles. The van der Waals surface area contributed by atoms with Crippen LogP contribution in [0.1, 0.15) is 12.0 Å². The zero-order valence-electron chi connectivity index (χ0n) is 13.1. The lowest BCUT2D eigenvalue weighted by atomic mass is 10.1. The molecule has 2 aromatic rings. The standard InChI is InChI=1S/C18H20FN3O/c1-21(12-13-5-4-6-14(20)11-13)17-9-10-22(18(17)23)16-8-3-2-7-15(16)19/h2-8,11,17H,9-10,12,20H2,1H3. The molecule has 3 rings (SSSR count). The Kier molecular flexibility index (Phi) is 4.30. The van der Waals surface area contributed by atoms with E-state index < -0.39 is 0 Å². The van der Waals surface area contributed by atoms with E-state index in [2.05, 4.69) is 0 Å². The maximum atomic E-state index is 13.9. The predicted octanol–water partition coefficient (Wildman–Crippen LogP) is 2.65. The van der Waals surface area contributed by atoms with Crippen molar-refractivity contribution in [3.8, 4) is 0 Å². The Hall–Kier alpha value is -2.40. The molecule has 0 aliphatic carbocycles. The first kappa shape index (κ1) is 15.5. The SMILES string of the molecule is CN(Cc1cccc(N)c1)C1CCN(c2ccccc2F)C1=O. The summed E-state index contributed by atoms with van der Waals surface area (Å²) in [6, 6.07) is 13.8. The molecule has 120 valence electrons. The van der Waals surface area contributed by atoms with Crippen molar-refractivity contribution in [1.29, 1.82) is 0 Å². The van der Waals surface area contributed by atoms with E-state index in [1.807, 2.05) is 36.2 Å². The monoisotopic (exact) mass is 313 g/mol. The molecular weight excluding hydrogens is 293 g/mol. The molecule has 0 saturated carbocycles. The number of anilines is 2. The van der Waals surface area contributed by atoms with Crippen molar-refractivity contribution in [2.45, 2.75) is 19.0 Å². The van der Waals surface area contributed by atoms with Crippen LogP contribution >= 0.6 is 0 Å². The zero-order chi connectivity index (χ0) is 16.4. The van der Waals surface area contributed by atoms with Gasteiger partial charge >= 0.3 is 0 Å². The van der Waals surface area contributed by atoms with Crippen LogP contribution in [-0.4, -0.2) is 30.4 Å². The minimum Gasteiger partial charge on any atom is -0.399 e. The Morgan fingerprint density at radius 1 is 1.26 bits per heavy atom. The largest absolute Gasteiger partial charge is 0.399 e. The van der Waals surface area contributed by atoms with Crippen LogP contribution < -0.4 is 10.6 Å². The van der Waals surface area contributed by atoms with Crippen molar-refractivity contribution in [3.63, 3.8) is 0 Å². The number of nitrogen functional groups attached to an aromatic ring is 1. The highest BCUT2D eigenvalue weighted by Crippen LogP contribution is 2.26. The fraction of sp³-hybridized carbons (Fsp3) is 0.278. The Balaban J connectivity index is 1.72. The van der Waals surface area contributed by atoms with Crippen molar-refractivity contribution >= 4 is 17.3 Å². The van der Waals surface area contributed by atoms with Gasteiger partial charge in [-0.15, -0.1) is 0 Å². The van der Waals surface area contributed by atoms with Crippen LogP contribution in [0.4, 0.5) is 15.8 Å². The highest BCUT2D eigenvalue weighted by molar-refractivity contribution is 5.99. The van der Waals surface area contributed by atoms with Crippen LogP contribution in [0.3, 0.4) is 0 Å². The van der Waals surface area contributed by atoms with Gasteiger partial charge in [0.25, 0.3) is 0 Å². The lowest BCUT2D eigenvalue weighted by Gasteiger charge is -2.24. The molecule has 0 radical (unpaired) electrons. The number of rotatable bonds is 4. The van der Waals surface area contributed by atoms with Gasteiger partial charge in [-0.25, -0.2) is 4.39 Å². The van der Waals surface area contributed by atoms with Gasteiger partial charge in [-0.05, 0) is 43.3 Å². The minimum absolute atomic E-state index is 0.0542. The number of likely N-dealkylation sites (N-methyl/N-ethyl adjacent to an activating group) is 1. The van der Waals surface area contributed by atoms with Gasteiger partial charge < -0.3 is 10.6 Å². The maximum Gasteiger partial charge on any atom is 0.244 e. The average molecular weight is 313 g/mol. The molecule has 1 atom stereocenters. The highest BCUT2D eigenvalue weighted by atomic mass is 19.1. The van der Waals surface area contributed by atoms with E-state index in [1.54, 1.807) is 18.2 Å². The first-order valence-electron chi connectivity index (χ1n) is 7.67. The molecule has 1 fully saturated rings. The minimum atomic E-state index is -0.361. The smallest absolute Gasteiger partial charge is 0.244 e. The van der Waals surface area contributed by atoms with E-state index >= 15 is 0 Å². The number of halogens is 1. The van der Waals surface area contributed by atoms with Crippen molar-refractivity contribution < 1.29 is 9.18 Å². The molecule has 1 heterocycles. The van der Waals surface area contributed by atoms with E-state index in [9.17, 15) is 9.18 Å². The number of carbonyl (C=O) groups is 1. The second kappa shape index (κ2) is 6.38. The normalized spacial score (nSPS) is 18.0. The van der Waals surface area contributed by atoms with Gasteiger partial charge in [0.2, 0.25) is 5.91 Å². The second-order valence-corrected chi connectivity index (χ2v) is 5.91. The summed E-state index contributed by atoms with van der Waals surface area (Å²) < 4.78 is 13.9. The number of nitrogens with two attached hydrogens (primary N) is 1. The topological polar surface area (TPSA) is 49.6 Å². The van der Waals surface area contributed by atoms with E-state index in [0.717, 1.165) is 5.56 Å². The summed E-state index contributed by atoms with van der Waals surface area (Å²) in [5.41, 5.74) is 7.92. The van der Waals surface area contributed by atoms with Crippen LogP contribution in [0.15, 0.2) is 48.5 Å². The van der Waals surface area contributed by atoms with Crippen molar-refractivity contribution in [2.24, 2.45) is 0 Å². The van der Waals surface area contributed by atoms with Gasteiger partial charge in [-0.3, -0.25) is 9.69 Å².